The fourth-order valence-electron chi connectivity index (χ4n) is 2.11. The van der Waals surface area contributed by atoms with Gasteiger partial charge < -0.3 is 4.74 Å². The molecule has 1 saturated carbocycles. The number of nitrogens with zero attached hydrogens (tertiary/aromatic N) is 2. The van der Waals surface area contributed by atoms with E-state index in [-0.39, 0.29) is 18.6 Å². The molecule has 0 bridgehead atoms. The van der Waals surface area contributed by atoms with Crippen LogP contribution in [0.2, 0.25) is 0 Å². The van der Waals surface area contributed by atoms with E-state index in [4.69, 9.17) is 4.74 Å². The average Bonchev–Trinajstić information content (AvgIpc) is 2.79. The highest BCUT2D eigenvalue weighted by atomic mass is 32.1. The van der Waals surface area contributed by atoms with E-state index in [1.807, 2.05) is 0 Å². The number of ether oxygens (including phenoxy) is 1. The van der Waals surface area contributed by atoms with Crippen molar-refractivity contribution < 1.29 is 9.53 Å². The summed E-state index contributed by atoms with van der Waals surface area (Å²) in [5, 5.41) is 10.6. The van der Waals surface area contributed by atoms with Gasteiger partial charge in [-0.2, -0.15) is 0 Å². The molecule has 5 nitrogen and oxygen atoms in total. The maximum atomic E-state index is 11.5. The first kappa shape index (κ1) is 12.4. The summed E-state index contributed by atoms with van der Waals surface area (Å²) in [4.78, 5) is 11.5. The first-order chi connectivity index (χ1) is 8.24. The zero-order valence-electron chi connectivity index (χ0n) is 9.89. The molecule has 17 heavy (non-hydrogen) atoms. The highest BCUT2D eigenvalue weighted by Gasteiger charge is 2.20. The second-order valence-corrected chi connectivity index (χ2v) is 5.33. The smallest absolute Gasteiger partial charge is 0.252 e. The number of amides is 1. The third-order valence-electron chi connectivity index (χ3n) is 2.94. The Kier molecular flexibility index (Phi) is 4.44. The van der Waals surface area contributed by atoms with Crippen molar-refractivity contribution in [2.45, 2.75) is 38.7 Å². The van der Waals surface area contributed by atoms with Gasteiger partial charge in [0.25, 0.3) is 5.91 Å². The van der Waals surface area contributed by atoms with Gasteiger partial charge in [-0.1, -0.05) is 31.1 Å². The van der Waals surface area contributed by atoms with Gasteiger partial charge in [-0.05, 0) is 18.8 Å². The molecule has 1 aromatic heterocycles. The molecule has 1 aliphatic rings. The second kappa shape index (κ2) is 6.07. The van der Waals surface area contributed by atoms with Gasteiger partial charge in [0, 0.05) is 0 Å². The van der Waals surface area contributed by atoms with Gasteiger partial charge in [0.1, 0.15) is 12.1 Å². The predicted molar refractivity (Wildman–Crippen MR) is 65.9 cm³/mol. The van der Waals surface area contributed by atoms with Crippen LogP contribution in [0.1, 0.15) is 32.6 Å². The van der Waals surface area contributed by atoms with Crippen molar-refractivity contribution in [2.24, 2.45) is 5.92 Å². The van der Waals surface area contributed by atoms with Crippen LogP contribution in [0, 0.1) is 5.92 Å². The van der Waals surface area contributed by atoms with Crippen molar-refractivity contribution in [1.29, 1.82) is 0 Å². The van der Waals surface area contributed by atoms with Crippen LogP contribution < -0.4 is 5.32 Å². The monoisotopic (exact) mass is 255 g/mol. The molecule has 1 aliphatic carbocycles. The maximum Gasteiger partial charge on any atom is 0.252 e. The van der Waals surface area contributed by atoms with Gasteiger partial charge in [0.2, 0.25) is 5.13 Å². The average molecular weight is 255 g/mol. The Labute approximate surface area is 105 Å². The maximum absolute atomic E-state index is 11.5. The van der Waals surface area contributed by atoms with Crippen LogP contribution in [0.5, 0.6) is 0 Å². The molecule has 0 aliphatic heterocycles. The molecule has 1 N–H and O–H groups in total. The lowest BCUT2D eigenvalue weighted by Gasteiger charge is -2.26. The van der Waals surface area contributed by atoms with Crippen LogP contribution >= 0.6 is 11.3 Å². The third kappa shape index (κ3) is 4.05. The molecule has 1 aromatic rings. The van der Waals surface area contributed by atoms with Gasteiger partial charge in [0.15, 0.2) is 0 Å². The number of nitrogens with one attached hydrogen (secondary N) is 1. The lowest BCUT2D eigenvalue weighted by Crippen LogP contribution is -2.26. The quantitative estimate of drug-likeness (QED) is 0.894. The van der Waals surface area contributed by atoms with Crippen LogP contribution in [0.3, 0.4) is 0 Å². The van der Waals surface area contributed by atoms with E-state index in [0.29, 0.717) is 11.0 Å². The largest absolute Gasteiger partial charge is 0.368 e. The van der Waals surface area contributed by atoms with Crippen molar-refractivity contribution in [1.82, 2.24) is 10.2 Å². The fourth-order valence-corrected chi connectivity index (χ4v) is 2.57. The molecule has 1 heterocycles. The highest BCUT2D eigenvalue weighted by molar-refractivity contribution is 7.13. The minimum Gasteiger partial charge on any atom is -0.368 e. The summed E-state index contributed by atoms with van der Waals surface area (Å²) in [5.74, 6) is 0.556. The predicted octanol–water partition coefficient (Wildman–Crippen LogP) is 2.07. The molecule has 6 heteroatoms. The Bertz CT molecular complexity index is 356. The lowest BCUT2D eigenvalue weighted by molar-refractivity contribution is -0.123. The number of hydrogen-bond acceptors (Lipinski definition) is 5. The normalized spacial score (nSPS) is 24.5. The van der Waals surface area contributed by atoms with E-state index in [9.17, 15) is 4.79 Å². The minimum absolute atomic E-state index is 0.108. The summed E-state index contributed by atoms with van der Waals surface area (Å²) in [6, 6.07) is 0. The minimum atomic E-state index is -0.153. The van der Waals surface area contributed by atoms with Crippen molar-refractivity contribution in [3.8, 4) is 0 Å². The third-order valence-corrected chi connectivity index (χ3v) is 3.55. The number of rotatable bonds is 4. The number of carbonyl (C=O) groups is 1. The molecule has 0 radical (unpaired) electrons. The molecule has 1 amide bonds. The van der Waals surface area contributed by atoms with Crippen molar-refractivity contribution >= 4 is 22.4 Å². The van der Waals surface area contributed by atoms with E-state index in [2.05, 4.69) is 22.4 Å². The second-order valence-electron chi connectivity index (χ2n) is 4.50. The van der Waals surface area contributed by atoms with Gasteiger partial charge in [-0.3, -0.25) is 10.1 Å². The molecule has 94 valence electrons. The molecular formula is C11H17N3O2S. The topological polar surface area (TPSA) is 64.1 Å². The Morgan fingerprint density at radius 3 is 3.24 bits per heavy atom. The van der Waals surface area contributed by atoms with Crippen molar-refractivity contribution in [3.05, 3.63) is 5.51 Å². The first-order valence-corrected chi connectivity index (χ1v) is 6.79. The van der Waals surface area contributed by atoms with E-state index in [1.54, 1.807) is 5.51 Å². The van der Waals surface area contributed by atoms with Gasteiger partial charge in [-0.25, -0.2) is 0 Å². The van der Waals surface area contributed by atoms with Gasteiger partial charge >= 0.3 is 0 Å². The summed E-state index contributed by atoms with van der Waals surface area (Å²) in [7, 11) is 0. The number of hydrogen-bond donors (Lipinski definition) is 1. The molecule has 0 spiro atoms. The Hall–Kier alpha value is -1.01. The molecule has 2 atom stereocenters. The van der Waals surface area contributed by atoms with E-state index in [1.165, 1.54) is 24.2 Å². The first-order valence-electron chi connectivity index (χ1n) is 5.91. The van der Waals surface area contributed by atoms with Crippen LogP contribution in [-0.4, -0.2) is 28.8 Å². The number of aromatic nitrogens is 2. The van der Waals surface area contributed by atoms with E-state index in [0.717, 1.165) is 12.8 Å². The van der Waals surface area contributed by atoms with Crippen LogP contribution in [0.4, 0.5) is 5.13 Å². The zero-order chi connectivity index (χ0) is 12.1. The highest BCUT2D eigenvalue weighted by Crippen LogP contribution is 2.25. The molecule has 0 saturated heterocycles. The molecular weight excluding hydrogens is 238 g/mol. The summed E-state index contributed by atoms with van der Waals surface area (Å²) in [6.07, 6.45) is 4.84. The van der Waals surface area contributed by atoms with Crippen LogP contribution in [-0.2, 0) is 9.53 Å². The fraction of sp³-hybridized carbons (Fsp3) is 0.727. The molecule has 0 unspecified atom stereocenters. The van der Waals surface area contributed by atoms with Crippen LogP contribution in [0.25, 0.3) is 0 Å². The summed E-state index contributed by atoms with van der Waals surface area (Å²) in [6.45, 7) is 2.34. The summed E-state index contributed by atoms with van der Waals surface area (Å²) in [5.41, 5.74) is 1.58. The lowest BCUT2D eigenvalue weighted by atomic mass is 9.89. The summed E-state index contributed by atoms with van der Waals surface area (Å²) < 4.78 is 5.61. The Balaban J connectivity index is 1.69. The number of carbonyl (C=O) groups excluding carboxylic acids is 1. The SMILES string of the molecule is C[C@@H]1CCC[C@H](OCC(=O)Nc2nncs2)C1. The molecule has 1 fully saturated rings. The van der Waals surface area contributed by atoms with Gasteiger partial charge in [-0.15, -0.1) is 10.2 Å². The Morgan fingerprint density at radius 1 is 1.65 bits per heavy atom. The van der Waals surface area contributed by atoms with Crippen molar-refractivity contribution in [2.75, 3.05) is 11.9 Å². The standard InChI is InChI=1S/C11H17N3O2S/c1-8-3-2-4-9(5-8)16-6-10(15)13-11-14-12-7-17-11/h7-9H,2-6H2,1H3,(H,13,14,15)/t8-,9+/m1/s1. The number of anilines is 1. The summed E-state index contributed by atoms with van der Waals surface area (Å²) >= 11 is 1.30. The van der Waals surface area contributed by atoms with E-state index < -0.39 is 0 Å². The Morgan fingerprint density at radius 2 is 2.53 bits per heavy atom. The van der Waals surface area contributed by atoms with Gasteiger partial charge in [0.05, 0.1) is 6.10 Å². The van der Waals surface area contributed by atoms with Crippen molar-refractivity contribution in [3.63, 3.8) is 0 Å². The van der Waals surface area contributed by atoms with Crippen LogP contribution in [0.15, 0.2) is 5.51 Å². The zero-order valence-corrected chi connectivity index (χ0v) is 10.7. The molecule has 2 rings (SSSR count). The molecule has 0 aromatic carbocycles. The van der Waals surface area contributed by atoms with E-state index >= 15 is 0 Å².